The maximum absolute atomic E-state index is 11.9. The van der Waals surface area contributed by atoms with Crippen molar-refractivity contribution in [3.63, 3.8) is 0 Å². The van der Waals surface area contributed by atoms with Gasteiger partial charge < -0.3 is 0 Å². The normalized spacial score (nSPS) is 12.2. The summed E-state index contributed by atoms with van der Waals surface area (Å²) in [5, 5.41) is 1.51. The number of thioether (sulfide) groups is 1. The van der Waals surface area contributed by atoms with Crippen LogP contribution in [-0.4, -0.2) is 48.4 Å². The molecule has 0 spiro atoms. The first-order chi connectivity index (χ1) is 11.1. The first-order valence-electron chi connectivity index (χ1n) is 8.22. The van der Waals surface area contributed by atoms with Crippen LogP contribution in [0.3, 0.4) is 0 Å². The smallest absolute Gasteiger partial charge is 0.243 e. The molecule has 0 saturated carbocycles. The van der Waals surface area contributed by atoms with Gasteiger partial charge in [0.2, 0.25) is 5.91 Å². The molecule has 0 saturated heterocycles. The van der Waals surface area contributed by atoms with Crippen molar-refractivity contribution in [2.75, 3.05) is 32.6 Å². The summed E-state index contributed by atoms with van der Waals surface area (Å²) in [5.74, 6) is 0.879. The summed E-state index contributed by atoms with van der Waals surface area (Å²) in [4.78, 5) is 17.6. The molecule has 0 aromatic heterocycles. The SMILES string of the molecule is CC(=O)N(CC(C)(C)SCc1ccccc1)OCCCP(C)(C)=S. The highest BCUT2D eigenvalue weighted by Crippen LogP contribution is 2.36. The molecule has 1 rings (SSSR count). The van der Waals surface area contributed by atoms with Crippen LogP contribution in [0, 0.1) is 0 Å². The highest BCUT2D eigenvalue weighted by Gasteiger charge is 2.25. The lowest BCUT2D eigenvalue weighted by atomic mass is 10.2. The number of rotatable bonds is 10. The van der Waals surface area contributed by atoms with E-state index in [-0.39, 0.29) is 10.7 Å². The van der Waals surface area contributed by atoms with Crippen LogP contribution in [0.5, 0.6) is 0 Å². The van der Waals surface area contributed by atoms with Gasteiger partial charge in [-0.15, -0.1) is 11.8 Å². The fraction of sp³-hybridized carbons (Fsp3) is 0.611. The Morgan fingerprint density at radius 2 is 1.92 bits per heavy atom. The van der Waals surface area contributed by atoms with Gasteiger partial charge >= 0.3 is 0 Å². The Morgan fingerprint density at radius 1 is 1.29 bits per heavy atom. The van der Waals surface area contributed by atoms with Crippen molar-refractivity contribution in [1.29, 1.82) is 0 Å². The number of hydroxylamine groups is 2. The standard InChI is InChI=1S/C18H30NO2PS2/c1-16(20)19(21-12-9-13-22(4,5)23)15-18(2,3)24-14-17-10-7-6-8-11-17/h6-8,10-11H,9,12-15H2,1-5H3. The number of carbonyl (C=O) groups excluding carboxylic acids is 1. The van der Waals surface area contributed by atoms with E-state index in [1.54, 1.807) is 6.92 Å². The summed E-state index contributed by atoms with van der Waals surface area (Å²) in [5.41, 5.74) is 1.29. The van der Waals surface area contributed by atoms with E-state index in [2.05, 4.69) is 51.4 Å². The van der Waals surface area contributed by atoms with Crippen molar-refractivity contribution in [2.45, 2.75) is 37.7 Å². The fourth-order valence-electron chi connectivity index (χ4n) is 2.11. The van der Waals surface area contributed by atoms with Crippen molar-refractivity contribution in [1.82, 2.24) is 5.06 Å². The lowest BCUT2D eigenvalue weighted by Crippen LogP contribution is -2.40. The van der Waals surface area contributed by atoms with Gasteiger partial charge in [0.05, 0.1) is 13.2 Å². The summed E-state index contributed by atoms with van der Waals surface area (Å²) in [6.45, 7) is 11.3. The van der Waals surface area contributed by atoms with Crippen molar-refractivity contribution in [2.24, 2.45) is 0 Å². The zero-order valence-corrected chi connectivity index (χ0v) is 18.0. The maximum Gasteiger partial charge on any atom is 0.243 e. The van der Waals surface area contributed by atoms with Gasteiger partial charge in [-0.25, -0.2) is 5.06 Å². The molecule has 0 atom stereocenters. The third-order valence-corrected chi connectivity index (χ3v) is 6.77. The van der Waals surface area contributed by atoms with Gasteiger partial charge in [-0.2, -0.15) is 0 Å². The number of carbonyl (C=O) groups is 1. The Labute approximate surface area is 156 Å². The van der Waals surface area contributed by atoms with Crippen molar-refractivity contribution in [3.05, 3.63) is 35.9 Å². The van der Waals surface area contributed by atoms with E-state index >= 15 is 0 Å². The zero-order valence-electron chi connectivity index (χ0n) is 15.4. The van der Waals surface area contributed by atoms with Crippen LogP contribution in [0.2, 0.25) is 0 Å². The Hall–Kier alpha value is -0.350. The second-order valence-corrected chi connectivity index (χ2v) is 15.3. The molecule has 24 heavy (non-hydrogen) atoms. The molecule has 0 bridgehead atoms. The third kappa shape index (κ3) is 9.83. The summed E-state index contributed by atoms with van der Waals surface area (Å²) in [6, 6.07) is 9.20. The zero-order chi connectivity index (χ0) is 18.2. The van der Waals surface area contributed by atoms with Crippen LogP contribution in [0.25, 0.3) is 0 Å². The molecule has 1 aromatic rings. The van der Waals surface area contributed by atoms with Gasteiger partial charge in [0.15, 0.2) is 0 Å². The molecule has 1 amide bonds. The third-order valence-electron chi connectivity index (χ3n) is 3.44. The summed E-state index contributed by atoms with van der Waals surface area (Å²) in [6.07, 6.45) is 1.92. The van der Waals surface area contributed by atoms with E-state index < -0.39 is 6.04 Å². The van der Waals surface area contributed by atoms with Crippen LogP contribution in [0.4, 0.5) is 0 Å². The molecule has 3 nitrogen and oxygen atoms in total. The predicted molar refractivity (Wildman–Crippen MR) is 111 cm³/mol. The minimum atomic E-state index is -1.19. The molecular formula is C18H30NO2PS2. The average molecular weight is 388 g/mol. The van der Waals surface area contributed by atoms with Crippen LogP contribution >= 0.6 is 17.8 Å². The molecule has 0 heterocycles. The molecular weight excluding hydrogens is 357 g/mol. The molecule has 136 valence electrons. The number of hydrogen-bond donors (Lipinski definition) is 0. The minimum absolute atomic E-state index is 0.0455. The van der Waals surface area contributed by atoms with E-state index in [1.807, 2.05) is 17.8 Å². The lowest BCUT2D eigenvalue weighted by molar-refractivity contribution is -0.185. The van der Waals surface area contributed by atoms with E-state index in [0.29, 0.717) is 13.2 Å². The number of benzene rings is 1. The molecule has 0 unspecified atom stereocenters. The van der Waals surface area contributed by atoms with Gasteiger partial charge in [-0.3, -0.25) is 9.63 Å². The molecule has 0 aliphatic rings. The van der Waals surface area contributed by atoms with Gasteiger partial charge in [0.25, 0.3) is 0 Å². The Balaban J connectivity index is 2.47. The van der Waals surface area contributed by atoms with Gasteiger partial charge in [-0.05, 0) is 51.4 Å². The quantitative estimate of drug-likeness (QED) is 0.333. The topological polar surface area (TPSA) is 29.5 Å². The van der Waals surface area contributed by atoms with Crippen LogP contribution in [0.1, 0.15) is 32.8 Å². The second kappa shape index (κ2) is 9.96. The van der Waals surface area contributed by atoms with Gasteiger partial charge in [-0.1, -0.05) is 42.1 Å². The molecule has 6 heteroatoms. The molecule has 0 aliphatic carbocycles. The fourth-order valence-corrected chi connectivity index (χ4v) is 4.35. The number of hydrogen-bond acceptors (Lipinski definition) is 4. The summed E-state index contributed by atoms with van der Waals surface area (Å²) >= 11 is 7.29. The van der Waals surface area contributed by atoms with Crippen LogP contribution in [-0.2, 0) is 27.2 Å². The largest absolute Gasteiger partial charge is 0.273 e. The Morgan fingerprint density at radius 3 is 2.46 bits per heavy atom. The van der Waals surface area contributed by atoms with Crippen molar-refractivity contribution in [3.8, 4) is 0 Å². The predicted octanol–water partition coefficient (Wildman–Crippen LogP) is 4.61. The molecule has 1 aromatic carbocycles. The molecule has 0 aliphatic heterocycles. The maximum atomic E-state index is 11.9. The number of amides is 1. The summed E-state index contributed by atoms with van der Waals surface area (Å²) < 4.78 is -0.0776. The van der Waals surface area contributed by atoms with Gasteiger partial charge in [0.1, 0.15) is 0 Å². The molecule has 0 N–H and O–H groups in total. The van der Waals surface area contributed by atoms with Gasteiger partial charge in [0, 0.05) is 17.4 Å². The van der Waals surface area contributed by atoms with Crippen LogP contribution < -0.4 is 0 Å². The van der Waals surface area contributed by atoms with Crippen molar-refractivity contribution < 1.29 is 9.63 Å². The highest BCUT2D eigenvalue weighted by molar-refractivity contribution is 8.13. The van der Waals surface area contributed by atoms with E-state index in [0.717, 1.165) is 18.3 Å². The summed E-state index contributed by atoms with van der Waals surface area (Å²) in [7, 11) is 0. The molecule has 0 radical (unpaired) electrons. The van der Waals surface area contributed by atoms with E-state index in [4.69, 9.17) is 16.6 Å². The highest BCUT2D eigenvalue weighted by atomic mass is 32.4. The average Bonchev–Trinajstić information content (AvgIpc) is 2.48. The monoisotopic (exact) mass is 387 g/mol. The Kier molecular flexibility index (Phi) is 9.00. The minimum Gasteiger partial charge on any atom is -0.273 e. The lowest BCUT2D eigenvalue weighted by Gasteiger charge is -2.31. The van der Waals surface area contributed by atoms with E-state index in [1.165, 1.54) is 10.6 Å². The molecule has 0 fully saturated rings. The first-order valence-corrected chi connectivity index (χ1v) is 13.1. The van der Waals surface area contributed by atoms with Crippen LogP contribution in [0.15, 0.2) is 30.3 Å². The van der Waals surface area contributed by atoms with Crippen molar-refractivity contribution >= 4 is 35.5 Å². The Bertz CT molecular complexity index is 557. The second-order valence-electron chi connectivity index (χ2n) is 7.07. The number of nitrogens with zero attached hydrogens (tertiary/aromatic N) is 1. The van der Waals surface area contributed by atoms with E-state index in [9.17, 15) is 4.79 Å². The first kappa shape index (κ1) is 21.7.